The summed E-state index contributed by atoms with van der Waals surface area (Å²) < 4.78 is 5.92. The standard InChI is InChI=1S/C24H38O7.Na/c1-4-15(5-2)24(30)31-21-12-18(26)10-16-7-6-14(3)20(23(16)21)9-8-17(25)11-19(27)13-22(28)29;/h6-7,10,14-15,17-21,23,25-27H,4-5,8-9,11-13H2,1-3H3,(H,28,29);/q;+1/p-1/t14-,17?,18+,19+,20-,21-,23-;/m0./s1. The van der Waals surface area contributed by atoms with E-state index in [0.717, 1.165) is 5.57 Å². The van der Waals surface area contributed by atoms with E-state index >= 15 is 0 Å². The second-order valence-corrected chi connectivity index (χ2v) is 9.06. The van der Waals surface area contributed by atoms with Crippen molar-refractivity contribution in [1.29, 1.82) is 0 Å². The van der Waals surface area contributed by atoms with Gasteiger partial charge in [0.1, 0.15) is 6.10 Å². The summed E-state index contributed by atoms with van der Waals surface area (Å²) in [6.07, 6.45) is 5.07. The Labute approximate surface area is 213 Å². The molecule has 176 valence electrons. The van der Waals surface area contributed by atoms with E-state index in [9.17, 15) is 30.0 Å². The molecule has 0 radical (unpaired) electrons. The van der Waals surface area contributed by atoms with E-state index in [0.29, 0.717) is 32.1 Å². The molecule has 1 unspecified atom stereocenters. The van der Waals surface area contributed by atoms with Gasteiger partial charge in [0.25, 0.3) is 0 Å². The molecule has 7 nitrogen and oxygen atoms in total. The van der Waals surface area contributed by atoms with Crippen LogP contribution in [-0.2, 0) is 14.3 Å². The smallest absolute Gasteiger partial charge is 0.550 e. The van der Waals surface area contributed by atoms with Crippen LogP contribution < -0.4 is 34.7 Å². The van der Waals surface area contributed by atoms with Gasteiger partial charge in [0.15, 0.2) is 0 Å². The van der Waals surface area contributed by atoms with Crippen LogP contribution >= 0.6 is 0 Å². The first kappa shape index (κ1) is 29.3. The third-order valence-electron chi connectivity index (χ3n) is 6.74. The van der Waals surface area contributed by atoms with Gasteiger partial charge in [-0.3, -0.25) is 4.79 Å². The zero-order valence-corrected chi connectivity index (χ0v) is 21.8. The Kier molecular flexibility index (Phi) is 12.7. The summed E-state index contributed by atoms with van der Waals surface area (Å²) in [4.78, 5) is 23.3. The van der Waals surface area contributed by atoms with Gasteiger partial charge in [-0.1, -0.05) is 39.0 Å². The topological polar surface area (TPSA) is 127 Å². The maximum atomic E-state index is 12.7. The number of aliphatic hydroxyl groups excluding tert-OH is 3. The number of allylic oxidation sites excluding steroid dienone is 2. The summed E-state index contributed by atoms with van der Waals surface area (Å²) in [5.41, 5.74) is 0.954. The summed E-state index contributed by atoms with van der Waals surface area (Å²) in [6.45, 7) is 6.00. The molecule has 0 fully saturated rings. The molecular formula is C24H37NaO7. The number of aliphatic carboxylic acids is 1. The SMILES string of the molecule is CCC(CC)C(=O)O[C@H]1C[C@H](O)C=C2C=C[C@H](C)[C@H](CCC(O)C[C@@H](O)CC(=O)[O-])[C@H]21.[Na+]. The fourth-order valence-electron chi connectivity index (χ4n) is 4.95. The summed E-state index contributed by atoms with van der Waals surface area (Å²) >= 11 is 0. The van der Waals surface area contributed by atoms with Crippen LogP contribution in [0.2, 0.25) is 0 Å². The average Bonchev–Trinajstić information content (AvgIpc) is 2.67. The van der Waals surface area contributed by atoms with E-state index in [2.05, 4.69) is 13.0 Å². The molecule has 0 aromatic rings. The number of hydrogen-bond acceptors (Lipinski definition) is 7. The zero-order valence-electron chi connectivity index (χ0n) is 19.8. The van der Waals surface area contributed by atoms with Crippen LogP contribution in [-0.4, -0.2) is 51.7 Å². The summed E-state index contributed by atoms with van der Waals surface area (Å²) in [6, 6.07) is 0. The van der Waals surface area contributed by atoms with E-state index < -0.39 is 36.8 Å². The molecule has 7 atom stereocenters. The van der Waals surface area contributed by atoms with Crippen molar-refractivity contribution in [2.24, 2.45) is 23.7 Å². The van der Waals surface area contributed by atoms with Crippen LogP contribution in [0.5, 0.6) is 0 Å². The van der Waals surface area contributed by atoms with Crippen LogP contribution in [0.3, 0.4) is 0 Å². The maximum Gasteiger partial charge on any atom is 1.00 e. The van der Waals surface area contributed by atoms with E-state index in [-0.39, 0.29) is 65.6 Å². The Bertz CT molecular complexity index is 673. The summed E-state index contributed by atoms with van der Waals surface area (Å²) in [5.74, 6) is -1.52. The van der Waals surface area contributed by atoms with Crippen molar-refractivity contribution in [3.63, 3.8) is 0 Å². The molecule has 0 aliphatic heterocycles. The number of rotatable bonds is 11. The quantitative estimate of drug-likeness (QED) is 0.253. The van der Waals surface area contributed by atoms with Gasteiger partial charge in [-0.05, 0) is 49.5 Å². The number of esters is 1. The van der Waals surface area contributed by atoms with Crippen molar-refractivity contribution in [2.75, 3.05) is 0 Å². The second kappa shape index (κ2) is 13.9. The van der Waals surface area contributed by atoms with Gasteiger partial charge in [-0.25, -0.2) is 0 Å². The molecule has 32 heavy (non-hydrogen) atoms. The number of carbonyl (C=O) groups is 2. The number of fused-ring (bicyclic) bond motifs is 1. The van der Waals surface area contributed by atoms with Gasteiger partial charge in [0.05, 0.1) is 24.2 Å². The number of hydrogen-bond donors (Lipinski definition) is 3. The van der Waals surface area contributed by atoms with E-state index in [1.54, 1.807) is 0 Å². The number of aliphatic hydroxyl groups is 3. The fraction of sp³-hybridized carbons (Fsp3) is 0.750. The largest absolute Gasteiger partial charge is 1.00 e. The Morgan fingerprint density at radius 2 is 1.88 bits per heavy atom. The van der Waals surface area contributed by atoms with Crippen LogP contribution in [0, 0.1) is 23.7 Å². The minimum absolute atomic E-state index is 0. The van der Waals surface area contributed by atoms with E-state index in [1.165, 1.54) is 0 Å². The number of ether oxygens (including phenoxy) is 1. The first-order valence-electron chi connectivity index (χ1n) is 11.5. The molecule has 0 saturated heterocycles. The average molecular weight is 461 g/mol. The van der Waals surface area contributed by atoms with Gasteiger partial charge < -0.3 is 30.0 Å². The molecule has 0 bridgehead atoms. The van der Waals surface area contributed by atoms with Crippen LogP contribution in [0.15, 0.2) is 23.8 Å². The predicted octanol–water partition coefficient (Wildman–Crippen LogP) is -1.50. The molecule has 0 aromatic heterocycles. The Morgan fingerprint density at radius 3 is 2.47 bits per heavy atom. The van der Waals surface area contributed by atoms with E-state index in [1.807, 2.05) is 26.0 Å². The minimum atomic E-state index is -1.34. The molecular weight excluding hydrogens is 423 g/mol. The maximum absolute atomic E-state index is 12.7. The summed E-state index contributed by atoms with van der Waals surface area (Å²) in [7, 11) is 0. The molecule has 0 amide bonds. The number of carboxylic acid groups (broad SMARTS) is 1. The Balaban J connectivity index is 0.00000512. The van der Waals surface area contributed by atoms with Gasteiger partial charge in [0.2, 0.25) is 0 Å². The molecule has 0 spiro atoms. The van der Waals surface area contributed by atoms with Gasteiger partial charge in [-0.15, -0.1) is 0 Å². The molecule has 2 rings (SSSR count). The minimum Gasteiger partial charge on any atom is -0.550 e. The third kappa shape index (κ3) is 8.26. The molecule has 2 aliphatic rings. The first-order valence-corrected chi connectivity index (χ1v) is 11.5. The molecule has 0 heterocycles. The van der Waals surface area contributed by atoms with Crippen LogP contribution in [0.25, 0.3) is 0 Å². The number of carboxylic acids is 1. The molecule has 0 aromatic carbocycles. The monoisotopic (exact) mass is 460 g/mol. The van der Waals surface area contributed by atoms with Crippen molar-refractivity contribution in [1.82, 2.24) is 0 Å². The normalized spacial score (nSPS) is 28.8. The second-order valence-electron chi connectivity index (χ2n) is 9.06. The third-order valence-corrected chi connectivity index (χ3v) is 6.74. The Hall–Kier alpha value is -0.700. The first-order chi connectivity index (χ1) is 14.7. The molecule has 8 heteroatoms. The van der Waals surface area contributed by atoms with Crippen LogP contribution in [0.1, 0.15) is 65.7 Å². The number of carbonyl (C=O) groups excluding carboxylic acids is 2. The van der Waals surface area contributed by atoms with Gasteiger partial charge >= 0.3 is 35.5 Å². The van der Waals surface area contributed by atoms with Crippen LogP contribution in [0.4, 0.5) is 0 Å². The fourth-order valence-corrected chi connectivity index (χ4v) is 4.95. The molecule has 0 saturated carbocycles. The van der Waals surface area contributed by atoms with E-state index in [4.69, 9.17) is 4.74 Å². The van der Waals surface area contributed by atoms with Gasteiger partial charge in [-0.2, -0.15) is 0 Å². The van der Waals surface area contributed by atoms with Crippen molar-refractivity contribution < 1.29 is 64.3 Å². The Morgan fingerprint density at radius 1 is 1.22 bits per heavy atom. The van der Waals surface area contributed by atoms with Gasteiger partial charge in [0, 0.05) is 24.7 Å². The summed E-state index contributed by atoms with van der Waals surface area (Å²) in [5, 5.41) is 41.0. The zero-order chi connectivity index (χ0) is 23.1. The molecule has 2 aliphatic carbocycles. The van der Waals surface area contributed by atoms with Crippen molar-refractivity contribution >= 4 is 11.9 Å². The van der Waals surface area contributed by atoms with Crippen molar-refractivity contribution in [3.8, 4) is 0 Å². The van der Waals surface area contributed by atoms with Crippen molar-refractivity contribution in [2.45, 2.75) is 90.1 Å². The van der Waals surface area contributed by atoms with Crippen molar-refractivity contribution in [3.05, 3.63) is 23.8 Å². The predicted molar refractivity (Wildman–Crippen MR) is 113 cm³/mol. The molecule has 3 N–H and O–H groups in total.